The van der Waals surface area contributed by atoms with Gasteiger partial charge in [0.25, 0.3) is 5.91 Å². The van der Waals surface area contributed by atoms with Gasteiger partial charge >= 0.3 is 12.1 Å². The van der Waals surface area contributed by atoms with Gasteiger partial charge in [-0.2, -0.15) is 0 Å². The van der Waals surface area contributed by atoms with Crippen LogP contribution in [0.4, 0.5) is 21.0 Å². The number of imide groups is 1. The maximum atomic E-state index is 13.5. The summed E-state index contributed by atoms with van der Waals surface area (Å²) in [4.78, 5) is 55.8. The molecule has 0 bridgehead atoms. The van der Waals surface area contributed by atoms with Gasteiger partial charge in [0.15, 0.2) is 0 Å². The highest BCUT2D eigenvalue weighted by Crippen LogP contribution is 2.46. The number of rotatable bonds is 3. The van der Waals surface area contributed by atoms with E-state index in [1.807, 2.05) is 31.3 Å². The molecular formula is C25H27N5O5. The van der Waals surface area contributed by atoms with E-state index in [0.717, 1.165) is 21.7 Å². The predicted molar refractivity (Wildman–Crippen MR) is 128 cm³/mol. The van der Waals surface area contributed by atoms with E-state index in [1.165, 1.54) is 7.05 Å². The normalized spacial score (nSPS) is 20.9. The minimum atomic E-state index is -1.43. The number of amides is 5. The summed E-state index contributed by atoms with van der Waals surface area (Å²) in [6, 6.07) is 12.7. The summed E-state index contributed by atoms with van der Waals surface area (Å²) in [5, 5.41) is 5.19. The molecule has 2 aromatic carbocycles. The van der Waals surface area contributed by atoms with Gasteiger partial charge in [0.1, 0.15) is 6.54 Å². The fourth-order valence-electron chi connectivity index (χ4n) is 5.07. The van der Waals surface area contributed by atoms with Crippen LogP contribution in [0.1, 0.15) is 23.1 Å². The highest BCUT2D eigenvalue weighted by atomic mass is 16.6. The summed E-state index contributed by atoms with van der Waals surface area (Å²) in [6.45, 7) is 1.17. The topological polar surface area (TPSA) is 111 Å². The molecule has 3 aliphatic rings. The van der Waals surface area contributed by atoms with Crippen molar-refractivity contribution >= 4 is 35.3 Å². The van der Waals surface area contributed by atoms with Crippen LogP contribution in [0, 0.1) is 0 Å². The second kappa shape index (κ2) is 8.61. The maximum absolute atomic E-state index is 13.5. The molecule has 5 amide bonds. The van der Waals surface area contributed by atoms with E-state index in [0.29, 0.717) is 43.7 Å². The second-order valence-corrected chi connectivity index (χ2v) is 9.03. The molecule has 1 aliphatic carbocycles. The molecule has 1 spiro atoms. The lowest BCUT2D eigenvalue weighted by atomic mass is 9.94. The van der Waals surface area contributed by atoms with Crippen molar-refractivity contribution < 1.29 is 23.9 Å². The Hall–Kier alpha value is -4.08. The molecule has 0 aromatic heterocycles. The average molecular weight is 478 g/mol. The predicted octanol–water partition coefficient (Wildman–Crippen LogP) is 2.04. The average Bonchev–Trinajstić information content (AvgIpc) is 3.26. The van der Waals surface area contributed by atoms with Crippen LogP contribution in [-0.4, -0.2) is 67.5 Å². The van der Waals surface area contributed by atoms with E-state index in [1.54, 1.807) is 23.1 Å². The molecule has 2 N–H and O–H groups in total. The monoisotopic (exact) mass is 477 g/mol. The van der Waals surface area contributed by atoms with Crippen LogP contribution in [0.5, 0.6) is 0 Å². The number of carbonyl (C=O) groups is 4. The molecule has 2 aliphatic heterocycles. The fourth-order valence-corrected chi connectivity index (χ4v) is 5.07. The van der Waals surface area contributed by atoms with Crippen LogP contribution in [-0.2, 0) is 32.9 Å². The third-order valence-electron chi connectivity index (χ3n) is 6.96. The van der Waals surface area contributed by atoms with Crippen molar-refractivity contribution in [2.24, 2.45) is 0 Å². The van der Waals surface area contributed by atoms with Crippen LogP contribution in [0.2, 0.25) is 0 Å². The zero-order valence-electron chi connectivity index (χ0n) is 19.7. The summed E-state index contributed by atoms with van der Waals surface area (Å²) < 4.78 is 5.65. The largest absolute Gasteiger partial charge is 0.427 e. The summed E-state index contributed by atoms with van der Waals surface area (Å²) >= 11 is 0. The van der Waals surface area contributed by atoms with Crippen molar-refractivity contribution in [2.45, 2.75) is 25.0 Å². The smallest absolute Gasteiger partial charge is 0.418 e. The Morgan fingerprint density at radius 2 is 1.89 bits per heavy atom. The summed E-state index contributed by atoms with van der Waals surface area (Å²) in [6.07, 6.45) is -0.00603. The number of aryl methyl sites for hydroxylation is 1. The molecule has 1 fully saturated rings. The molecule has 2 aromatic rings. The number of hydrogen-bond donors (Lipinski definition) is 2. The standard InChI is InChI=1S/C25H27N5O5/c1-26-23(33)27-18-7-8-19-16(13-18)9-10-25(19)22(32)30(24(34)35-25)15-21(31)29-12-11-28(2)20-6-4-3-5-17(20)14-29/h3-8,13H,9-12,14-15H2,1-2H3,(H2,26,27,33). The lowest BCUT2D eigenvalue weighted by molar-refractivity contribution is -0.142. The molecule has 1 saturated heterocycles. The van der Waals surface area contributed by atoms with E-state index in [2.05, 4.69) is 15.5 Å². The van der Waals surface area contributed by atoms with E-state index in [4.69, 9.17) is 4.74 Å². The number of ether oxygens (including phenoxy) is 1. The van der Waals surface area contributed by atoms with Gasteiger partial charge in [0, 0.05) is 57.1 Å². The Bertz CT molecular complexity index is 1230. The van der Waals surface area contributed by atoms with E-state index >= 15 is 0 Å². The zero-order chi connectivity index (χ0) is 24.7. The molecule has 35 heavy (non-hydrogen) atoms. The molecule has 0 saturated carbocycles. The molecule has 10 nitrogen and oxygen atoms in total. The number of likely N-dealkylation sites (N-methyl/N-ethyl adjacent to an activating group) is 1. The minimum absolute atomic E-state index is 0.295. The number of benzene rings is 2. The Morgan fingerprint density at radius 1 is 1.09 bits per heavy atom. The number of fused-ring (bicyclic) bond motifs is 3. The Labute approximate surface area is 202 Å². The fraction of sp³-hybridized carbons (Fsp3) is 0.360. The van der Waals surface area contributed by atoms with Gasteiger partial charge in [-0.15, -0.1) is 0 Å². The first-order chi connectivity index (χ1) is 16.8. The van der Waals surface area contributed by atoms with Crippen molar-refractivity contribution in [2.75, 3.05) is 43.9 Å². The maximum Gasteiger partial charge on any atom is 0.418 e. The quantitative estimate of drug-likeness (QED) is 0.700. The van der Waals surface area contributed by atoms with Crippen molar-refractivity contribution in [3.8, 4) is 0 Å². The SMILES string of the molecule is CNC(=O)Nc1ccc2c(c1)CCC21OC(=O)N(CC(=O)N2CCN(C)c3ccccc3C2)C1=O. The number of urea groups is 1. The van der Waals surface area contributed by atoms with Gasteiger partial charge in [-0.3, -0.25) is 9.59 Å². The van der Waals surface area contributed by atoms with Crippen molar-refractivity contribution in [3.05, 3.63) is 59.2 Å². The number of para-hydroxylation sites is 1. The summed E-state index contributed by atoms with van der Waals surface area (Å²) in [5.41, 5.74) is 2.64. The summed E-state index contributed by atoms with van der Waals surface area (Å²) in [5.74, 6) is -0.824. The van der Waals surface area contributed by atoms with Crippen LogP contribution in [0.15, 0.2) is 42.5 Å². The number of nitrogens with one attached hydrogen (secondary N) is 2. The van der Waals surface area contributed by atoms with Gasteiger partial charge < -0.3 is 25.2 Å². The van der Waals surface area contributed by atoms with Crippen molar-refractivity contribution in [1.82, 2.24) is 15.1 Å². The summed E-state index contributed by atoms with van der Waals surface area (Å²) in [7, 11) is 3.50. The first kappa shape index (κ1) is 22.7. The van der Waals surface area contributed by atoms with Crippen LogP contribution < -0.4 is 15.5 Å². The van der Waals surface area contributed by atoms with Gasteiger partial charge in [-0.05, 0) is 35.7 Å². The minimum Gasteiger partial charge on any atom is -0.427 e. The van der Waals surface area contributed by atoms with Gasteiger partial charge in [0.2, 0.25) is 11.5 Å². The molecule has 1 unspecified atom stereocenters. The lowest BCUT2D eigenvalue weighted by Gasteiger charge is -2.23. The molecule has 182 valence electrons. The first-order valence-electron chi connectivity index (χ1n) is 11.6. The Kier molecular flexibility index (Phi) is 5.58. The van der Waals surface area contributed by atoms with Crippen molar-refractivity contribution in [3.63, 3.8) is 0 Å². The van der Waals surface area contributed by atoms with Crippen molar-refractivity contribution in [1.29, 1.82) is 0 Å². The third-order valence-corrected chi connectivity index (χ3v) is 6.96. The van der Waals surface area contributed by atoms with Crippen LogP contribution in [0.25, 0.3) is 0 Å². The number of nitrogens with zero attached hydrogens (tertiary/aromatic N) is 3. The molecule has 5 rings (SSSR count). The molecule has 10 heteroatoms. The Morgan fingerprint density at radius 3 is 2.69 bits per heavy atom. The van der Waals surface area contributed by atoms with Gasteiger partial charge in [0.05, 0.1) is 0 Å². The highest BCUT2D eigenvalue weighted by Gasteiger charge is 2.58. The zero-order valence-corrected chi connectivity index (χ0v) is 19.7. The van der Waals surface area contributed by atoms with Crippen LogP contribution >= 0.6 is 0 Å². The number of hydrogen-bond acceptors (Lipinski definition) is 6. The van der Waals surface area contributed by atoms with E-state index in [-0.39, 0.29) is 18.5 Å². The molecule has 1 atom stereocenters. The number of carbonyl (C=O) groups excluding carboxylic acids is 4. The van der Waals surface area contributed by atoms with Gasteiger partial charge in [-0.25, -0.2) is 14.5 Å². The lowest BCUT2D eigenvalue weighted by Crippen LogP contribution is -2.45. The van der Waals surface area contributed by atoms with Crippen LogP contribution in [0.3, 0.4) is 0 Å². The highest BCUT2D eigenvalue weighted by molar-refractivity contribution is 6.06. The Balaban J connectivity index is 1.33. The molecule has 2 heterocycles. The first-order valence-corrected chi connectivity index (χ1v) is 11.6. The molecular weight excluding hydrogens is 450 g/mol. The molecule has 0 radical (unpaired) electrons. The van der Waals surface area contributed by atoms with Gasteiger partial charge in [-0.1, -0.05) is 24.3 Å². The second-order valence-electron chi connectivity index (χ2n) is 9.03. The number of anilines is 2. The van der Waals surface area contributed by atoms with E-state index < -0.39 is 17.6 Å². The van der Waals surface area contributed by atoms with E-state index in [9.17, 15) is 19.2 Å². The third kappa shape index (κ3) is 3.84.